The summed E-state index contributed by atoms with van der Waals surface area (Å²) in [4.78, 5) is 42.6. The highest BCUT2D eigenvalue weighted by atomic mass is 35.5. The molecule has 2 aromatic rings. The Bertz CT molecular complexity index is 1170. The van der Waals surface area contributed by atoms with Gasteiger partial charge in [-0.05, 0) is 48.2 Å². The van der Waals surface area contributed by atoms with Gasteiger partial charge in [-0.15, -0.1) is 0 Å². The zero-order valence-corrected chi connectivity index (χ0v) is 19.9. The summed E-state index contributed by atoms with van der Waals surface area (Å²) in [5, 5.41) is 6.08. The Morgan fingerprint density at radius 2 is 1.85 bits per heavy atom. The Hall–Kier alpha value is -3.39. The van der Waals surface area contributed by atoms with Crippen LogP contribution in [0, 0.1) is 11.7 Å². The molecule has 4 rings (SSSR count). The molecule has 4 amide bonds. The topological polar surface area (TPSA) is 81.8 Å². The van der Waals surface area contributed by atoms with Crippen molar-refractivity contribution in [3.8, 4) is 0 Å². The van der Waals surface area contributed by atoms with E-state index in [4.69, 9.17) is 11.6 Å². The average Bonchev–Trinajstić information content (AvgIpc) is 3.13. The summed E-state index contributed by atoms with van der Waals surface area (Å²) in [5.41, 5.74) is 2.00. The molecular weight excluding hydrogens is 459 g/mol. The summed E-state index contributed by atoms with van der Waals surface area (Å²) >= 11 is 6.40. The summed E-state index contributed by atoms with van der Waals surface area (Å²) in [6.07, 6.45) is 0.418. The molecule has 34 heavy (non-hydrogen) atoms. The van der Waals surface area contributed by atoms with E-state index < -0.39 is 17.9 Å². The quantitative estimate of drug-likeness (QED) is 0.640. The number of halogens is 2. The number of carbonyl (C=O) groups excluding carboxylic acids is 3. The van der Waals surface area contributed by atoms with Gasteiger partial charge in [-0.3, -0.25) is 14.5 Å². The Balaban J connectivity index is 1.67. The molecule has 0 bridgehead atoms. The van der Waals surface area contributed by atoms with Gasteiger partial charge >= 0.3 is 6.03 Å². The van der Waals surface area contributed by atoms with E-state index in [-0.39, 0.29) is 30.3 Å². The second kappa shape index (κ2) is 9.46. The predicted molar refractivity (Wildman–Crippen MR) is 127 cm³/mol. The first-order valence-corrected chi connectivity index (χ1v) is 11.4. The zero-order valence-electron chi connectivity index (χ0n) is 19.1. The lowest BCUT2D eigenvalue weighted by atomic mass is 9.95. The molecule has 0 radical (unpaired) electrons. The van der Waals surface area contributed by atoms with Crippen LogP contribution >= 0.6 is 11.6 Å². The van der Waals surface area contributed by atoms with Crippen LogP contribution in [0.1, 0.15) is 31.9 Å². The van der Waals surface area contributed by atoms with Crippen molar-refractivity contribution < 1.29 is 18.8 Å². The molecule has 2 aliphatic rings. The van der Waals surface area contributed by atoms with Crippen LogP contribution in [0.2, 0.25) is 5.02 Å². The Labute approximate surface area is 202 Å². The molecule has 0 aliphatic carbocycles. The fourth-order valence-electron chi connectivity index (χ4n) is 4.36. The van der Waals surface area contributed by atoms with E-state index in [0.717, 1.165) is 0 Å². The number of benzene rings is 2. The van der Waals surface area contributed by atoms with Gasteiger partial charge in [0.2, 0.25) is 5.91 Å². The number of anilines is 1. The molecule has 0 spiro atoms. The number of carbonyl (C=O) groups is 3. The summed E-state index contributed by atoms with van der Waals surface area (Å²) in [5.74, 6) is -0.989. The minimum Gasteiger partial charge on any atom is -0.326 e. The molecule has 2 atom stereocenters. The minimum atomic E-state index is -0.779. The molecule has 9 heteroatoms. The van der Waals surface area contributed by atoms with Gasteiger partial charge in [-0.25, -0.2) is 9.18 Å². The van der Waals surface area contributed by atoms with Gasteiger partial charge in [0.25, 0.3) is 5.91 Å². The van der Waals surface area contributed by atoms with Crippen LogP contribution in [0.5, 0.6) is 0 Å². The maximum absolute atomic E-state index is 13.7. The Morgan fingerprint density at radius 3 is 2.50 bits per heavy atom. The van der Waals surface area contributed by atoms with Gasteiger partial charge in [0.05, 0.1) is 23.9 Å². The summed E-state index contributed by atoms with van der Waals surface area (Å²) in [6, 6.07) is 10.7. The highest BCUT2D eigenvalue weighted by Crippen LogP contribution is 2.39. The van der Waals surface area contributed by atoms with Gasteiger partial charge in [-0.1, -0.05) is 43.6 Å². The van der Waals surface area contributed by atoms with Gasteiger partial charge in [0.15, 0.2) is 0 Å². The number of likely N-dealkylation sites (N-methyl/N-ethyl adjacent to an activating group) is 1. The van der Waals surface area contributed by atoms with Crippen molar-refractivity contribution in [1.82, 2.24) is 15.1 Å². The van der Waals surface area contributed by atoms with Crippen LogP contribution in [-0.4, -0.2) is 47.3 Å². The van der Waals surface area contributed by atoms with E-state index >= 15 is 0 Å². The van der Waals surface area contributed by atoms with Crippen LogP contribution in [0.15, 0.2) is 59.8 Å². The monoisotopic (exact) mass is 484 g/mol. The standard InChI is InChI=1S/C25H26ClFN4O3/c1-14(2)12-19(23(32)28-16-10-8-15(27)9-11-16)31-13-20-21(24(31)33)22(29-25(34)30(20)3)17-6-4-5-7-18(17)26/h4-11,14,19,22H,12-13H2,1-3H3,(H,28,32)(H,29,34)/t19-,22-/m1/s1. The molecule has 0 unspecified atom stereocenters. The van der Waals surface area contributed by atoms with Gasteiger partial charge in [-0.2, -0.15) is 0 Å². The van der Waals surface area contributed by atoms with Crippen molar-refractivity contribution in [3.63, 3.8) is 0 Å². The molecule has 2 aromatic carbocycles. The van der Waals surface area contributed by atoms with E-state index in [0.29, 0.717) is 34.0 Å². The van der Waals surface area contributed by atoms with Crippen LogP contribution in [-0.2, 0) is 9.59 Å². The normalized spacial score (nSPS) is 18.8. The molecule has 2 heterocycles. The summed E-state index contributed by atoms with van der Waals surface area (Å²) in [6.45, 7) is 4.05. The summed E-state index contributed by atoms with van der Waals surface area (Å²) in [7, 11) is 1.60. The van der Waals surface area contributed by atoms with Crippen molar-refractivity contribution in [3.05, 3.63) is 76.2 Å². The minimum absolute atomic E-state index is 0.117. The van der Waals surface area contributed by atoms with Crippen molar-refractivity contribution in [2.45, 2.75) is 32.4 Å². The van der Waals surface area contributed by atoms with Crippen LogP contribution in [0.3, 0.4) is 0 Å². The first-order valence-electron chi connectivity index (χ1n) is 11.1. The third-order valence-electron chi connectivity index (χ3n) is 6.09. The second-order valence-corrected chi connectivity index (χ2v) is 9.31. The summed E-state index contributed by atoms with van der Waals surface area (Å²) < 4.78 is 13.3. The van der Waals surface area contributed by atoms with E-state index in [1.165, 1.54) is 34.1 Å². The number of nitrogens with one attached hydrogen (secondary N) is 2. The fraction of sp³-hybridized carbons (Fsp3) is 0.320. The largest absolute Gasteiger partial charge is 0.326 e. The lowest BCUT2D eigenvalue weighted by Crippen LogP contribution is -2.47. The Kier molecular flexibility index (Phi) is 6.61. The highest BCUT2D eigenvalue weighted by molar-refractivity contribution is 6.31. The van der Waals surface area contributed by atoms with Crippen LogP contribution in [0.25, 0.3) is 0 Å². The van der Waals surface area contributed by atoms with Gasteiger partial charge < -0.3 is 15.5 Å². The Morgan fingerprint density at radius 1 is 1.18 bits per heavy atom. The molecule has 7 nitrogen and oxygen atoms in total. The van der Waals surface area contributed by atoms with E-state index in [2.05, 4.69) is 10.6 Å². The predicted octanol–water partition coefficient (Wildman–Crippen LogP) is 4.32. The average molecular weight is 485 g/mol. The van der Waals surface area contributed by atoms with Crippen LogP contribution < -0.4 is 10.6 Å². The van der Waals surface area contributed by atoms with Crippen molar-refractivity contribution in [2.24, 2.45) is 5.92 Å². The highest BCUT2D eigenvalue weighted by Gasteiger charge is 2.46. The first-order chi connectivity index (χ1) is 16.2. The lowest BCUT2D eigenvalue weighted by Gasteiger charge is -2.31. The van der Waals surface area contributed by atoms with Crippen molar-refractivity contribution in [1.29, 1.82) is 0 Å². The third kappa shape index (κ3) is 4.50. The second-order valence-electron chi connectivity index (χ2n) is 8.90. The maximum atomic E-state index is 13.7. The first kappa shape index (κ1) is 23.8. The molecule has 0 aromatic heterocycles. The molecule has 0 saturated heterocycles. The molecule has 2 aliphatic heterocycles. The van der Waals surface area contributed by atoms with E-state index in [9.17, 15) is 18.8 Å². The van der Waals surface area contributed by atoms with Gasteiger partial charge in [0.1, 0.15) is 11.9 Å². The molecule has 0 fully saturated rings. The van der Waals surface area contributed by atoms with E-state index in [1.54, 1.807) is 31.3 Å². The molecular formula is C25H26ClFN4O3. The molecule has 0 saturated carbocycles. The smallest absolute Gasteiger partial charge is 0.322 e. The van der Waals surface area contributed by atoms with Gasteiger partial charge in [0, 0.05) is 17.8 Å². The molecule has 2 N–H and O–H groups in total. The number of hydrogen-bond acceptors (Lipinski definition) is 3. The van der Waals surface area contributed by atoms with Crippen molar-refractivity contribution >= 4 is 35.1 Å². The molecule has 178 valence electrons. The number of rotatable bonds is 6. The third-order valence-corrected chi connectivity index (χ3v) is 6.43. The number of nitrogens with zero attached hydrogens (tertiary/aromatic N) is 2. The number of urea groups is 1. The van der Waals surface area contributed by atoms with Crippen molar-refractivity contribution in [2.75, 3.05) is 18.9 Å². The van der Waals surface area contributed by atoms with E-state index in [1.807, 2.05) is 13.8 Å². The number of hydrogen-bond donors (Lipinski definition) is 2. The maximum Gasteiger partial charge on any atom is 0.322 e. The lowest BCUT2D eigenvalue weighted by molar-refractivity contribution is -0.134. The van der Waals surface area contributed by atoms with Crippen LogP contribution in [0.4, 0.5) is 14.9 Å². The SMILES string of the molecule is CC(C)C[C@H](C(=O)Nc1ccc(F)cc1)N1CC2=C(C1=O)[C@@H](c1ccccc1Cl)NC(=O)N2C. The number of amides is 4. The zero-order chi connectivity index (χ0) is 24.6. The fourth-order valence-corrected chi connectivity index (χ4v) is 4.61.